The summed E-state index contributed by atoms with van der Waals surface area (Å²) in [6.45, 7) is 5.29. The van der Waals surface area contributed by atoms with Gasteiger partial charge in [-0.1, -0.05) is 13.8 Å². The van der Waals surface area contributed by atoms with Gasteiger partial charge in [-0.25, -0.2) is 21.4 Å². The number of rotatable bonds is 10. The van der Waals surface area contributed by atoms with E-state index in [1.54, 1.807) is 21.3 Å². The van der Waals surface area contributed by atoms with Crippen molar-refractivity contribution in [3.05, 3.63) is 34.2 Å². The smallest absolute Gasteiger partial charge is 0.421 e. The summed E-state index contributed by atoms with van der Waals surface area (Å²) in [5.74, 6) is 0.611. The van der Waals surface area contributed by atoms with E-state index in [1.807, 2.05) is 0 Å². The third kappa shape index (κ3) is 9.38. The van der Waals surface area contributed by atoms with E-state index in [0.29, 0.717) is 5.92 Å². The molecule has 1 unspecified atom stereocenters. The molecule has 1 heterocycles. The van der Waals surface area contributed by atoms with Crippen LogP contribution < -0.4 is 4.57 Å². The summed E-state index contributed by atoms with van der Waals surface area (Å²) < 4.78 is 128. The standard InChI is InChI=1S/C14H26NO3Si.C2F6NO4S2/c1-6-13(2)14-7-9-15(10-8-14)11-12-19(16-3,17-4)18-5;3-1(4,5)14(10,11)9-15(12,13)2(6,7)8/h7-10,13H,6,11-12H2,1-5H3;/q+1;-1. The van der Waals surface area contributed by atoms with Crippen LogP contribution in [0.5, 0.6) is 0 Å². The Morgan fingerprint density at radius 2 is 1.29 bits per heavy atom. The lowest BCUT2D eigenvalue weighted by molar-refractivity contribution is -0.694. The van der Waals surface area contributed by atoms with Crippen LogP contribution in [0.4, 0.5) is 26.3 Å². The van der Waals surface area contributed by atoms with Gasteiger partial charge in [-0.15, -0.1) is 0 Å². The van der Waals surface area contributed by atoms with Gasteiger partial charge in [-0.2, -0.15) is 26.3 Å². The van der Waals surface area contributed by atoms with Crippen LogP contribution in [0.1, 0.15) is 31.7 Å². The molecular formula is C16H26F6N2O7S2Si. The number of aryl methyl sites for hydroxylation is 1. The molecule has 200 valence electrons. The fourth-order valence-electron chi connectivity index (χ4n) is 2.22. The summed E-state index contributed by atoms with van der Waals surface area (Å²) in [6, 6.07) is 5.14. The van der Waals surface area contributed by atoms with Crippen LogP contribution in [0.2, 0.25) is 6.04 Å². The Balaban J connectivity index is 0.000000661. The minimum atomic E-state index is -6.72. The highest BCUT2D eigenvalue weighted by molar-refractivity contribution is 8.13. The summed E-state index contributed by atoms with van der Waals surface area (Å²) >= 11 is 0. The average Bonchev–Trinajstić information content (AvgIpc) is 2.73. The highest BCUT2D eigenvalue weighted by atomic mass is 32.3. The SMILES string of the molecule is CCC(C)c1cc[n+](CC[Si](OC)(OC)OC)cc1.O=S(=O)([N-]S(=O)(=O)C(F)(F)F)C(F)(F)F. The Bertz CT molecular complexity index is 917. The molecule has 0 saturated carbocycles. The van der Waals surface area contributed by atoms with E-state index in [-0.39, 0.29) is 0 Å². The van der Waals surface area contributed by atoms with Crippen molar-refractivity contribution in [3.8, 4) is 0 Å². The van der Waals surface area contributed by atoms with Crippen LogP contribution >= 0.6 is 0 Å². The van der Waals surface area contributed by atoms with Crippen molar-refractivity contribution in [1.82, 2.24) is 0 Å². The zero-order valence-corrected chi connectivity index (χ0v) is 21.5. The predicted molar refractivity (Wildman–Crippen MR) is 110 cm³/mol. The van der Waals surface area contributed by atoms with E-state index >= 15 is 0 Å². The molecule has 9 nitrogen and oxygen atoms in total. The lowest BCUT2D eigenvalue weighted by Crippen LogP contribution is -2.47. The summed E-state index contributed by atoms with van der Waals surface area (Å²) in [6.07, 6.45) is 5.39. The molecule has 1 aromatic rings. The monoisotopic (exact) mass is 564 g/mol. The van der Waals surface area contributed by atoms with Crippen LogP contribution in [0, 0.1) is 0 Å². The maximum atomic E-state index is 11.4. The van der Waals surface area contributed by atoms with Crippen LogP contribution in [0.25, 0.3) is 4.13 Å². The molecule has 0 aromatic carbocycles. The number of aromatic nitrogens is 1. The third-order valence-corrected chi connectivity index (χ3v) is 9.93. The van der Waals surface area contributed by atoms with E-state index in [1.165, 1.54) is 5.56 Å². The molecule has 0 aliphatic carbocycles. The van der Waals surface area contributed by atoms with E-state index in [9.17, 15) is 43.2 Å². The number of pyridine rings is 1. The molecular weight excluding hydrogens is 538 g/mol. The van der Waals surface area contributed by atoms with Crippen molar-refractivity contribution < 1.29 is 61.0 Å². The molecule has 0 N–H and O–H groups in total. The van der Waals surface area contributed by atoms with Gasteiger partial charge < -0.3 is 17.4 Å². The first kappa shape index (κ1) is 32.7. The highest BCUT2D eigenvalue weighted by Gasteiger charge is 2.47. The molecule has 34 heavy (non-hydrogen) atoms. The molecule has 18 heteroatoms. The Morgan fingerprint density at radius 1 is 0.912 bits per heavy atom. The van der Waals surface area contributed by atoms with Crippen molar-refractivity contribution >= 4 is 28.9 Å². The minimum Gasteiger partial charge on any atom is -0.421 e. The quantitative estimate of drug-likeness (QED) is 0.243. The molecule has 0 amide bonds. The number of halogens is 6. The maximum absolute atomic E-state index is 11.4. The van der Waals surface area contributed by atoms with Crippen LogP contribution in [-0.4, -0.2) is 58.0 Å². The van der Waals surface area contributed by atoms with Crippen molar-refractivity contribution in [2.45, 2.75) is 49.8 Å². The van der Waals surface area contributed by atoms with Gasteiger partial charge in [0.25, 0.3) is 0 Å². The molecule has 1 atom stereocenters. The molecule has 0 radical (unpaired) electrons. The Labute approximate surface area is 195 Å². The number of hydrogen-bond donors (Lipinski definition) is 0. The first-order valence-electron chi connectivity index (χ1n) is 9.32. The summed E-state index contributed by atoms with van der Waals surface area (Å²) in [4.78, 5) is 0. The maximum Gasteiger partial charge on any atom is 0.506 e. The largest absolute Gasteiger partial charge is 0.506 e. The lowest BCUT2D eigenvalue weighted by atomic mass is 10.0. The zero-order valence-electron chi connectivity index (χ0n) is 18.8. The zero-order chi connectivity index (χ0) is 27.0. The van der Waals surface area contributed by atoms with Gasteiger partial charge in [0.05, 0.1) is 6.04 Å². The first-order valence-corrected chi connectivity index (χ1v) is 14.1. The Morgan fingerprint density at radius 3 is 1.59 bits per heavy atom. The second-order valence-corrected chi connectivity index (χ2v) is 13.2. The fraction of sp³-hybridized carbons (Fsp3) is 0.688. The van der Waals surface area contributed by atoms with Crippen LogP contribution in [0.3, 0.4) is 0 Å². The van der Waals surface area contributed by atoms with Crippen molar-refractivity contribution in [3.63, 3.8) is 0 Å². The molecule has 0 fully saturated rings. The molecule has 1 rings (SSSR count). The molecule has 0 aliphatic rings. The fourth-order valence-corrected chi connectivity index (χ4v) is 5.57. The first-order chi connectivity index (χ1) is 15.3. The van der Waals surface area contributed by atoms with Crippen molar-refractivity contribution in [2.24, 2.45) is 0 Å². The topological polar surface area (TPSA) is 114 Å². The minimum absolute atomic E-state index is 0.611. The summed E-state index contributed by atoms with van der Waals surface area (Å²) in [5, 5.41) is 0. The number of nitrogens with zero attached hydrogens (tertiary/aromatic N) is 2. The predicted octanol–water partition coefficient (Wildman–Crippen LogP) is 3.43. The van der Waals surface area contributed by atoms with E-state index in [4.69, 9.17) is 13.3 Å². The molecule has 1 aromatic heterocycles. The normalized spacial score (nSPS) is 14.3. The molecule has 0 aliphatic heterocycles. The summed E-state index contributed by atoms with van der Waals surface area (Å²) in [7, 11) is -11.0. The van der Waals surface area contributed by atoms with Gasteiger partial charge in [-0.3, -0.25) is 0 Å². The molecule has 0 saturated heterocycles. The summed E-state index contributed by atoms with van der Waals surface area (Å²) in [5.41, 5.74) is -11.0. The second kappa shape index (κ2) is 12.6. The Hall–Kier alpha value is -1.31. The van der Waals surface area contributed by atoms with Crippen LogP contribution in [-0.2, 0) is 39.9 Å². The number of hydrogen-bond acceptors (Lipinski definition) is 7. The van der Waals surface area contributed by atoms with Crippen LogP contribution in [0.15, 0.2) is 24.5 Å². The third-order valence-electron chi connectivity index (χ3n) is 4.49. The van der Waals surface area contributed by atoms with Gasteiger partial charge in [0.15, 0.2) is 39.0 Å². The van der Waals surface area contributed by atoms with E-state index in [0.717, 1.165) is 23.1 Å². The Kier molecular flexibility index (Phi) is 12.1. The van der Waals surface area contributed by atoms with Crippen molar-refractivity contribution in [2.75, 3.05) is 21.3 Å². The number of sulfonamides is 2. The van der Waals surface area contributed by atoms with Gasteiger partial charge in [0.1, 0.15) is 0 Å². The molecule has 0 spiro atoms. The van der Waals surface area contributed by atoms with Gasteiger partial charge in [0.2, 0.25) is 0 Å². The van der Waals surface area contributed by atoms with E-state index in [2.05, 4.69) is 42.9 Å². The lowest BCUT2D eigenvalue weighted by Gasteiger charge is -2.22. The molecule has 0 bridgehead atoms. The van der Waals surface area contributed by atoms with Gasteiger partial charge >= 0.3 is 19.8 Å². The number of alkyl halides is 6. The van der Waals surface area contributed by atoms with Gasteiger partial charge in [0, 0.05) is 33.5 Å². The van der Waals surface area contributed by atoms with Crippen molar-refractivity contribution in [1.29, 1.82) is 0 Å². The second-order valence-electron chi connectivity index (χ2n) is 6.64. The average molecular weight is 565 g/mol. The van der Waals surface area contributed by atoms with E-state index < -0.39 is 39.9 Å². The highest BCUT2D eigenvalue weighted by Crippen LogP contribution is 2.36. The van der Waals surface area contributed by atoms with Gasteiger partial charge in [-0.05, 0) is 17.9 Å².